The van der Waals surface area contributed by atoms with Crippen molar-refractivity contribution in [3.8, 4) is 0 Å². The zero-order valence-corrected chi connectivity index (χ0v) is 42.1. The summed E-state index contributed by atoms with van der Waals surface area (Å²) in [5.41, 5.74) is 0.520. The second-order valence-corrected chi connectivity index (χ2v) is 22.7. The molecule has 0 unspecified atom stereocenters. The van der Waals surface area contributed by atoms with Crippen molar-refractivity contribution in [1.29, 1.82) is 0 Å². The minimum atomic E-state index is -1.77. The first kappa shape index (κ1) is 57.3. The van der Waals surface area contributed by atoms with Crippen molar-refractivity contribution in [2.75, 3.05) is 26.4 Å². The van der Waals surface area contributed by atoms with Crippen molar-refractivity contribution in [3.63, 3.8) is 0 Å². The van der Waals surface area contributed by atoms with Crippen molar-refractivity contribution < 1.29 is 113 Å². The van der Waals surface area contributed by atoms with Gasteiger partial charge in [0.25, 0.3) is 0 Å². The third-order valence-electron chi connectivity index (χ3n) is 18.0. The highest BCUT2D eigenvalue weighted by Crippen LogP contribution is 2.67. The lowest BCUT2D eigenvalue weighted by molar-refractivity contribution is -0.385. The normalized spacial score (nSPS) is 50.5. The Morgan fingerprint density at radius 1 is 0.726 bits per heavy atom. The van der Waals surface area contributed by atoms with Gasteiger partial charge in [-0.2, -0.15) is 0 Å². The van der Waals surface area contributed by atoms with E-state index in [0.29, 0.717) is 32.1 Å². The van der Waals surface area contributed by atoms with Gasteiger partial charge < -0.3 is 104 Å². The van der Waals surface area contributed by atoms with E-state index in [2.05, 4.69) is 19.9 Å². The maximum atomic E-state index is 13.5. The lowest BCUT2D eigenvalue weighted by Crippen LogP contribution is -2.66. The molecule has 7 fully saturated rings. The number of ether oxygens (including phenoxy) is 9. The molecule has 8 rings (SSSR count). The Labute approximate surface area is 424 Å². The molecule has 23 nitrogen and oxygen atoms in total. The van der Waals surface area contributed by atoms with Crippen LogP contribution in [0.5, 0.6) is 0 Å². The van der Waals surface area contributed by atoms with E-state index in [4.69, 9.17) is 42.6 Å². The summed E-state index contributed by atoms with van der Waals surface area (Å²) in [5.74, 6) is -0.631. The van der Waals surface area contributed by atoms with Gasteiger partial charge in [-0.25, -0.2) is 0 Å². The van der Waals surface area contributed by atoms with Crippen LogP contribution in [0.3, 0.4) is 0 Å². The Balaban J connectivity index is 0.919. The summed E-state index contributed by atoms with van der Waals surface area (Å²) in [5, 5.41) is 125. The van der Waals surface area contributed by atoms with Gasteiger partial charge in [-0.3, -0.25) is 9.59 Å². The number of carbonyl (C=O) groups is 2. The van der Waals surface area contributed by atoms with Crippen LogP contribution in [-0.4, -0.2) is 228 Å². The maximum absolute atomic E-state index is 13.5. The van der Waals surface area contributed by atoms with Crippen LogP contribution in [0.1, 0.15) is 92.4 Å². The van der Waals surface area contributed by atoms with E-state index < -0.39 is 166 Å². The van der Waals surface area contributed by atoms with E-state index in [1.807, 2.05) is 6.92 Å². The fourth-order valence-corrected chi connectivity index (χ4v) is 13.7. The SMILES string of the molecule is CC(=O)[C@H]1[C@@H](OC(=O)CC[C@@H](C)CO[C@@H]2O[C@H](CO)[C@@H](O)[C@H](O)[C@H]2O)C[C@H]2[C@@H]3CC=C4C[C@@H](O[C@@H]5O[C@H](CO)[C@@H](O[C@@H]6OC[C@@H](O)[C@H](O)[C@H]6O)[C@H](O)[C@H]5O[C@@H]5O[C@@H](C)[C@H](O)[C@@H](O)[C@H]5O)CC[C@]4(C)[C@H]3CC[C@@]21C. The van der Waals surface area contributed by atoms with E-state index in [1.54, 1.807) is 6.92 Å². The minimum absolute atomic E-state index is 0.0245. The lowest BCUT2D eigenvalue weighted by atomic mass is 9.47. The molecule has 0 aromatic carbocycles. The Bertz CT molecular complexity index is 1910. The van der Waals surface area contributed by atoms with Gasteiger partial charge in [0.15, 0.2) is 25.2 Å². The molecule has 0 aromatic rings. The summed E-state index contributed by atoms with van der Waals surface area (Å²) in [6.45, 7) is 7.65. The van der Waals surface area contributed by atoms with Crippen LogP contribution in [-0.2, 0) is 52.2 Å². The number of ketones is 1. The maximum Gasteiger partial charge on any atom is 0.306 e. The predicted molar refractivity (Wildman–Crippen MR) is 246 cm³/mol. The highest BCUT2D eigenvalue weighted by molar-refractivity contribution is 5.81. The molecule has 0 amide bonds. The molecular weight excluding hydrogens is 969 g/mol. The number of esters is 1. The number of hydrogen-bond donors (Lipinski definition) is 12. The summed E-state index contributed by atoms with van der Waals surface area (Å²) < 4.78 is 53.4. The first-order valence-electron chi connectivity index (χ1n) is 26.1. The fraction of sp³-hybridized carbons (Fsp3) is 0.920. The summed E-state index contributed by atoms with van der Waals surface area (Å²) in [4.78, 5) is 27.0. The van der Waals surface area contributed by atoms with Crippen molar-refractivity contribution in [2.24, 2.45) is 40.4 Å². The molecule has 4 saturated heterocycles. The molecule has 4 heterocycles. The largest absolute Gasteiger partial charge is 0.462 e. The zero-order chi connectivity index (χ0) is 53.0. The minimum Gasteiger partial charge on any atom is -0.462 e. The van der Waals surface area contributed by atoms with E-state index in [-0.39, 0.29) is 47.9 Å². The predicted octanol–water partition coefficient (Wildman–Crippen LogP) is -2.59. The van der Waals surface area contributed by atoms with Crippen LogP contribution < -0.4 is 0 Å². The molecule has 3 saturated carbocycles. The van der Waals surface area contributed by atoms with Gasteiger partial charge >= 0.3 is 5.97 Å². The number of Topliss-reactive ketones (excluding diaryl/α,β-unsaturated/α-hetero) is 1. The molecule has 4 aliphatic heterocycles. The molecule has 418 valence electrons. The number of aliphatic hydroxyl groups is 12. The molecule has 12 N–H and O–H groups in total. The van der Waals surface area contributed by atoms with Crippen LogP contribution in [0, 0.1) is 40.4 Å². The summed E-state index contributed by atoms with van der Waals surface area (Å²) >= 11 is 0. The number of allylic oxidation sites excluding steroid dienone is 1. The molecule has 0 spiro atoms. The Kier molecular flexibility index (Phi) is 18.2. The smallest absolute Gasteiger partial charge is 0.306 e. The third kappa shape index (κ3) is 11.2. The Morgan fingerprint density at radius 2 is 1.38 bits per heavy atom. The number of fused-ring (bicyclic) bond motifs is 5. The first-order chi connectivity index (χ1) is 34.5. The number of rotatable bonds is 16. The van der Waals surface area contributed by atoms with Gasteiger partial charge in [-0.1, -0.05) is 32.4 Å². The number of carbonyl (C=O) groups excluding carboxylic acids is 2. The Hall–Kier alpha value is -1.92. The van der Waals surface area contributed by atoms with Crippen LogP contribution >= 0.6 is 0 Å². The number of hydrogen-bond acceptors (Lipinski definition) is 23. The highest BCUT2D eigenvalue weighted by Gasteiger charge is 2.64. The van der Waals surface area contributed by atoms with Gasteiger partial charge in [0.2, 0.25) is 0 Å². The molecule has 23 heteroatoms. The summed E-state index contributed by atoms with van der Waals surface area (Å²) in [6.07, 6.45) is -22.2. The Morgan fingerprint density at radius 3 is 2.08 bits per heavy atom. The zero-order valence-electron chi connectivity index (χ0n) is 42.1. The van der Waals surface area contributed by atoms with Gasteiger partial charge in [-0.15, -0.1) is 0 Å². The lowest BCUT2D eigenvalue weighted by Gasteiger charge is -2.58. The monoisotopic (exact) mass is 1050 g/mol. The molecule has 4 aliphatic carbocycles. The summed E-state index contributed by atoms with van der Waals surface area (Å²) in [7, 11) is 0. The molecule has 0 bridgehead atoms. The van der Waals surface area contributed by atoms with Crippen LogP contribution in [0.4, 0.5) is 0 Å². The second-order valence-electron chi connectivity index (χ2n) is 22.7. The standard InChI is InChI=1S/C50H80O23/c1-20(18-65-45-40(62)38(60)36(58)30(16-51)70-45)6-9-32(55)69-29-15-27-25-8-7-23-14-24(10-12-49(23,4)26(25)11-13-50(27,5)33(29)21(2)53)68-48-44(73-47-41(63)37(59)34(56)22(3)67-47)42(64)43(31(17-52)71-48)72-46-39(61)35(57)28(54)19-66-46/h7,20,22,24-31,33-48,51-52,54,56-64H,6,8-19H2,1-5H3/t20-,22+,24+,25-,26+,27+,28-,29+,30-,31-,33+,34+,35+,36-,37-,38+,39-,40-,41-,42+,43-,44-,45-,46+,47+,48-,49+,50+/m1/s1. The van der Waals surface area contributed by atoms with E-state index in [9.17, 15) is 70.9 Å². The van der Waals surface area contributed by atoms with Crippen LogP contribution in [0.15, 0.2) is 11.6 Å². The third-order valence-corrected chi connectivity index (χ3v) is 18.0. The molecular formula is C50H80O23. The molecule has 8 aliphatic rings. The van der Waals surface area contributed by atoms with Crippen molar-refractivity contribution >= 4 is 11.8 Å². The highest BCUT2D eigenvalue weighted by atomic mass is 16.8. The van der Waals surface area contributed by atoms with E-state index in [1.165, 1.54) is 12.5 Å². The fourth-order valence-electron chi connectivity index (χ4n) is 13.7. The average Bonchev–Trinajstić information content (AvgIpc) is 3.66. The van der Waals surface area contributed by atoms with E-state index >= 15 is 0 Å². The summed E-state index contributed by atoms with van der Waals surface area (Å²) in [6, 6.07) is 0. The van der Waals surface area contributed by atoms with Gasteiger partial charge in [0.05, 0.1) is 44.6 Å². The topological polar surface area (TPSA) is 360 Å². The first-order valence-corrected chi connectivity index (χ1v) is 26.1. The molecule has 73 heavy (non-hydrogen) atoms. The van der Waals surface area contributed by atoms with Crippen molar-refractivity contribution in [2.45, 2.75) is 221 Å². The number of aliphatic hydroxyl groups excluding tert-OH is 12. The quantitative estimate of drug-likeness (QED) is 0.0557. The van der Waals surface area contributed by atoms with Gasteiger partial charge in [-0.05, 0) is 99.7 Å². The van der Waals surface area contributed by atoms with Gasteiger partial charge in [0, 0.05) is 6.42 Å². The second kappa shape index (κ2) is 23.2. The van der Waals surface area contributed by atoms with Crippen LogP contribution in [0.25, 0.3) is 0 Å². The van der Waals surface area contributed by atoms with E-state index in [0.717, 1.165) is 19.3 Å². The molecule has 28 atom stereocenters. The van der Waals surface area contributed by atoms with Crippen LogP contribution in [0.2, 0.25) is 0 Å². The molecule has 0 aromatic heterocycles. The molecule has 0 radical (unpaired) electrons. The average molecular weight is 1050 g/mol. The van der Waals surface area contributed by atoms with Gasteiger partial charge in [0.1, 0.15) is 97.3 Å². The van der Waals surface area contributed by atoms with Crippen molar-refractivity contribution in [1.82, 2.24) is 0 Å². The van der Waals surface area contributed by atoms with Crippen molar-refractivity contribution in [3.05, 3.63) is 11.6 Å².